The molecule has 2 rings (SSSR count). The van der Waals surface area contributed by atoms with E-state index in [1.807, 2.05) is 19.9 Å². The third-order valence-corrected chi connectivity index (χ3v) is 4.78. The molecule has 0 aromatic heterocycles. The molecule has 0 atom stereocenters. The third-order valence-electron chi connectivity index (χ3n) is 3.42. The second kappa shape index (κ2) is 8.91. The highest BCUT2D eigenvalue weighted by atomic mass is 127. The number of thiocarbonyl (C=S) groups is 1. The zero-order chi connectivity index (χ0) is 18.4. The van der Waals surface area contributed by atoms with E-state index in [0.717, 1.165) is 9.13 Å². The number of rotatable bonds is 4. The predicted molar refractivity (Wildman–Crippen MR) is 112 cm³/mol. The molecule has 25 heavy (non-hydrogen) atoms. The van der Waals surface area contributed by atoms with Crippen LogP contribution < -0.4 is 16.0 Å². The van der Waals surface area contributed by atoms with Crippen molar-refractivity contribution < 1.29 is 9.59 Å². The first-order chi connectivity index (χ1) is 11.9. The molecule has 0 aliphatic rings. The molecule has 2 aromatic carbocycles. The summed E-state index contributed by atoms with van der Waals surface area (Å²) in [6.45, 7) is 4.36. The van der Waals surface area contributed by atoms with Gasteiger partial charge in [0.2, 0.25) is 0 Å². The number of benzene rings is 2. The molecule has 0 aliphatic carbocycles. The Morgan fingerprint density at radius 2 is 1.84 bits per heavy atom. The zero-order valence-electron chi connectivity index (χ0n) is 13.9. The van der Waals surface area contributed by atoms with Crippen molar-refractivity contribution in [1.29, 1.82) is 0 Å². The minimum atomic E-state index is -0.300. The number of hydrogen-bond acceptors (Lipinski definition) is 3. The van der Waals surface area contributed by atoms with Gasteiger partial charge in [-0.25, -0.2) is 0 Å². The second-order valence-electron chi connectivity index (χ2n) is 5.28. The first-order valence-electron chi connectivity index (χ1n) is 7.68. The van der Waals surface area contributed by atoms with E-state index in [4.69, 9.17) is 12.2 Å². The molecule has 0 bridgehead atoms. The van der Waals surface area contributed by atoms with Gasteiger partial charge in [-0.1, -0.05) is 18.2 Å². The lowest BCUT2D eigenvalue weighted by Gasteiger charge is -2.13. The number of para-hydroxylation sites is 1. The second-order valence-corrected chi connectivity index (χ2v) is 6.85. The zero-order valence-corrected chi connectivity index (χ0v) is 16.8. The Morgan fingerprint density at radius 1 is 1.12 bits per heavy atom. The molecule has 0 spiro atoms. The van der Waals surface area contributed by atoms with Crippen LogP contribution in [0.5, 0.6) is 0 Å². The average molecular weight is 467 g/mol. The minimum absolute atomic E-state index is 0.136. The summed E-state index contributed by atoms with van der Waals surface area (Å²) >= 11 is 7.39. The van der Waals surface area contributed by atoms with Crippen molar-refractivity contribution in [3.8, 4) is 0 Å². The summed E-state index contributed by atoms with van der Waals surface area (Å²) in [5.74, 6) is -0.501. The SMILES string of the molecule is CCNC(=O)c1ccccc1NC(=S)NC(=O)c1ccc(C)c(I)c1. The van der Waals surface area contributed by atoms with E-state index >= 15 is 0 Å². The van der Waals surface area contributed by atoms with Crippen LogP contribution in [-0.4, -0.2) is 23.5 Å². The van der Waals surface area contributed by atoms with Gasteiger partial charge >= 0.3 is 0 Å². The van der Waals surface area contributed by atoms with E-state index in [1.54, 1.807) is 36.4 Å². The summed E-state index contributed by atoms with van der Waals surface area (Å²) in [5.41, 5.74) is 2.63. The van der Waals surface area contributed by atoms with Crippen molar-refractivity contribution in [2.24, 2.45) is 0 Å². The molecule has 3 N–H and O–H groups in total. The molecule has 2 amide bonds. The van der Waals surface area contributed by atoms with E-state index in [0.29, 0.717) is 23.4 Å². The van der Waals surface area contributed by atoms with Crippen LogP contribution in [0.1, 0.15) is 33.2 Å². The van der Waals surface area contributed by atoms with E-state index in [-0.39, 0.29) is 16.9 Å². The number of aryl methyl sites for hydroxylation is 1. The summed E-state index contributed by atoms with van der Waals surface area (Å²) in [6, 6.07) is 12.4. The molecule has 0 saturated heterocycles. The summed E-state index contributed by atoms with van der Waals surface area (Å²) in [7, 11) is 0. The lowest BCUT2D eigenvalue weighted by atomic mass is 10.1. The molecular formula is C18H18IN3O2S. The maximum absolute atomic E-state index is 12.3. The fourth-order valence-electron chi connectivity index (χ4n) is 2.11. The maximum atomic E-state index is 12.3. The number of halogens is 1. The summed E-state index contributed by atoms with van der Waals surface area (Å²) in [5, 5.41) is 8.43. The van der Waals surface area contributed by atoms with Crippen molar-refractivity contribution in [3.05, 3.63) is 62.7 Å². The first kappa shape index (κ1) is 19.3. The first-order valence-corrected chi connectivity index (χ1v) is 9.16. The normalized spacial score (nSPS) is 10.0. The van der Waals surface area contributed by atoms with Crippen LogP contribution >= 0.6 is 34.8 Å². The number of carbonyl (C=O) groups is 2. The molecular weight excluding hydrogens is 449 g/mol. The topological polar surface area (TPSA) is 70.2 Å². The molecule has 2 aromatic rings. The number of carbonyl (C=O) groups excluding carboxylic acids is 2. The number of hydrogen-bond donors (Lipinski definition) is 3. The van der Waals surface area contributed by atoms with Gasteiger partial charge in [-0.15, -0.1) is 0 Å². The van der Waals surface area contributed by atoms with Gasteiger partial charge < -0.3 is 10.6 Å². The highest BCUT2D eigenvalue weighted by Crippen LogP contribution is 2.16. The molecule has 0 saturated carbocycles. The Labute approximate surface area is 165 Å². The molecule has 0 unspecified atom stereocenters. The largest absolute Gasteiger partial charge is 0.352 e. The van der Waals surface area contributed by atoms with Crippen molar-refractivity contribution in [2.45, 2.75) is 13.8 Å². The lowest BCUT2D eigenvalue weighted by Crippen LogP contribution is -2.35. The van der Waals surface area contributed by atoms with Crippen molar-refractivity contribution in [1.82, 2.24) is 10.6 Å². The number of amides is 2. The fraction of sp³-hybridized carbons (Fsp3) is 0.167. The third kappa shape index (κ3) is 5.23. The van der Waals surface area contributed by atoms with E-state index in [9.17, 15) is 9.59 Å². The van der Waals surface area contributed by atoms with Crippen LogP contribution in [0.4, 0.5) is 5.69 Å². The molecule has 0 radical (unpaired) electrons. The van der Waals surface area contributed by atoms with Crippen LogP contribution in [0.15, 0.2) is 42.5 Å². The van der Waals surface area contributed by atoms with Gasteiger partial charge in [-0.3, -0.25) is 14.9 Å². The molecule has 0 heterocycles. The van der Waals surface area contributed by atoms with Crippen molar-refractivity contribution in [3.63, 3.8) is 0 Å². The van der Waals surface area contributed by atoms with E-state index in [2.05, 4.69) is 38.5 Å². The smallest absolute Gasteiger partial charge is 0.257 e. The maximum Gasteiger partial charge on any atom is 0.257 e. The van der Waals surface area contributed by atoms with E-state index < -0.39 is 0 Å². The molecule has 5 nitrogen and oxygen atoms in total. The Balaban J connectivity index is 2.09. The van der Waals surface area contributed by atoms with Gasteiger partial charge in [0.25, 0.3) is 11.8 Å². The average Bonchev–Trinajstić information content (AvgIpc) is 2.57. The van der Waals surface area contributed by atoms with Crippen LogP contribution in [0.3, 0.4) is 0 Å². The number of nitrogens with one attached hydrogen (secondary N) is 3. The standard InChI is InChI=1S/C18H18IN3O2S/c1-3-20-17(24)13-6-4-5-7-15(13)21-18(25)22-16(23)12-9-8-11(2)14(19)10-12/h4-10H,3H2,1-2H3,(H,20,24)(H2,21,22,23,25). The van der Waals surface area contributed by atoms with Gasteiger partial charge in [0.15, 0.2) is 5.11 Å². The molecule has 7 heteroatoms. The molecule has 0 fully saturated rings. The summed E-state index contributed by atoms with van der Waals surface area (Å²) in [6.07, 6.45) is 0. The highest BCUT2D eigenvalue weighted by Gasteiger charge is 2.13. The lowest BCUT2D eigenvalue weighted by molar-refractivity contribution is 0.0954. The van der Waals surface area contributed by atoms with E-state index in [1.165, 1.54) is 0 Å². The van der Waals surface area contributed by atoms with Crippen molar-refractivity contribution >= 4 is 57.4 Å². The molecule has 130 valence electrons. The van der Waals surface area contributed by atoms with Gasteiger partial charge in [0.05, 0.1) is 11.3 Å². The monoisotopic (exact) mass is 467 g/mol. The Kier molecular flexibility index (Phi) is 6.89. The summed E-state index contributed by atoms with van der Waals surface area (Å²) in [4.78, 5) is 24.4. The van der Waals surface area contributed by atoms with Crippen LogP contribution in [-0.2, 0) is 0 Å². The molecule has 0 aliphatic heterocycles. The fourth-order valence-corrected chi connectivity index (χ4v) is 2.83. The van der Waals surface area contributed by atoms with Gasteiger partial charge in [-0.2, -0.15) is 0 Å². The van der Waals surface area contributed by atoms with Gasteiger partial charge in [0.1, 0.15) is 0 Å². The Bertz CT molecular complexity index is 824. The van der Waals surface area contributed by atoms with Gasteiger partial charge in [0, 0.05) is 15.7 Å². The van der Waals surface area contributed by atoms with Crippen LogP contribution in [0, 0.1) is 10.5 Å². The minimum Gasteiger partial charge on any atom is -0.352 e. The quantitative estimate of drug-likeness (QED) is 0.476. The van der Waals surface area contributed by atoms with Crippen LogP contribution in [0.2, 0.25) is 0 Å². The van der Waals surface area contributed by atoms with Crippen LogP contribution in [0.25, 0.3) is 0 Å². The Hall–Kier alpha value is -2.00. The summed E-state index contributed by atoms with van der Waals surface area (Å²) < 4.78 is 1.01. The van der Waals surface area contributed by atoms with Gasteiger partial charge in [-0.05, 0) is 78.5 Å². The Morgan fingerprint density at radius 3 is 2.52 bits per heavy atom. The highest BCUT2D eigenvalue weighted by molar-refractivity contribution is 14.1. The number of anilines is 1. The van der Waals surface area contributed by atoms with Crippen molar-refractivity contribution in [2.75, 3.05) is 11.9 Å². The predicted octanol–water partition coefficient (Wildman–Crippen LogP) is 3.48.